The summed E-state index contributed by atoms with van der Waals surface area (Å²) in [6.45, 7) is 2.49. The van der Waals surface area contributed by atoms with Gasteiger partial charge in [-0.15, -0.1) is 0 Å². The summed E-state index contributed by atoms with van der Waals surface area (Å²) in [4.78, 5) is 35.8. The van der Waals surface area contributed by atoms with E-state index in [2.05, 4.69) is 5.32 Å². The Morgan fingerprint density at radius 1 is 1.29 bits per heavy atom. The van der Waals surface area contributed by atoms with E-state index in [0.717, 1.165) is 4.90 Å². The number of carbonyl (C=O) groups is 3. The Kier molecular flexibility index (Phi) is 4.37. The van der Waals surface area contributed by atoms with Crippen LogP contribution in [-0.4, -0.2) is 42.9 Å². The summed E-state index contributed by atoms with van der Waals surface area (Å²) in [6, 6.07) is 4.98. The molecule has 0 saturated carbocycles. The lowest BCUT2D eigenvalue weighted by Gasteiger charge is -2.04. The maximum absolute atomic E-state index is 11.9. The lowest BCUT2D eigenvalue weighted by atomic mass is 10.1. The summed E-state index contributed by atoms with van der Waals surface area (Å²) in [5, 5.41) is 3.05. The van der Waals surface area contributed by atoms with Crippen molar-refractivity contribution in [3.63, 3.8) is 0 Å². The SMILES string of the molecule is CCOC(=O)/C=C/CNc1ccc2c(c1)C(=O)N(C)C2=O. The van der Waals surface area contributed by atoms with Gasteiger partial charge < -0.3 is 10.1 Å². The highest BCUT2D eigenvalue weighted by atomic mass is 16.5. The first kappa shape index (κ1) is 14.8. The van der Waals surface area contributed by atoms with E-state index in [-0.39, 0.29) is 11.8 Å². The van der Waals surface area contributed by atoms with Crippen LogP contribution in [0.15, 0.2) is 30.4 Å². The molecule has 21 heavy (non-hydrogen) atoms. The fourth-order valence-corrected chi connectivity index (χ4v) is 1.99. The molecule has 0 saturated heterocycles. The van der Waals surface area contributed by atoms with Crippen molar-refractivity contribution in [3.8, 4) is 0 Å². The summed E-state index contributed by atoms with van der Waals surface area (Å²) in [5.41, 5.74) is 1.51. The van der Waals surface area contributed by atoms with Crippen LogP contribution in [-0.2, 0) is 9.53 Å². The number of fused-ring (bicyclic) bond motifs is 1. The van der Waals surface area contributed by atoms with Crippen molar-refractivity contribution in [1.82, 2.24) is 4.90 Å². The van der Waals surface area contributed by atoms with Crippen LogP contribution in [0.5, 0.6) is 0 Å². The van der Waals surface area contributed by atoms with Crippen molar-refractivity contribution in [2.45, 2.75) is 6.92 Å². The average molecular weight is 288 g/mol. The van der Waals surface area contributed by atoms with Crippen molar-refractivity contribution in [3.05, 3.63) is 41.5 Å². The smallest absolute Gasteiger partial charge is 0.330 e. The Morgan fingerprint density at radius 2 is 2.00 bits per heavy atom. The van der Waals surface area contributed by atoms with Crippen molar-refractivity contribution in [1.29, 1.82) is 0 Å². The fraction of sp³-hybridized carbons (Fsp3) is 0.267. The summed E-state index contributed by atoms with van der Waals surface area (Å²) in [7, 11) is 1.46. The van der Waals surface area contributed by atoms with Crippen LogP contribution < -0.4 is 5.32 Å². The maximum Gasteiger partial charge on any atom is 0.330 e. The first-order chi connectivity index (χ1) is 10.0. The number of nitrogens with one attached hydrogen (secondary N) is 1. The third kappa shape index (κ3) is 3.10. The van der Waals surface area contributed by atoms with E-state index < -0.39 is 5.97 Å². The Hall–Kier alpha value is -2.63. The molecular weight excluding hydrogens is 272 g/mol. The Balaban J connectivity index is 2.00. The second-order valence-corrected chi connectivity index (χ2v) is 4.47. The number of amides is 2. The van der Waals surface area contributed by atoms with Gasteiger partial charge in [-0.2, -0.15) is 0 Å². The Bertz CT molecular complexity index is 622. The van der Waals surface area contributed by atoms with Gasteiger partial charge in [-0.1, -0.05) is 6.08 Å². The summed E-state index contributed by atoms with van der Waals surface area (Å²) in [6.07, 6.45) is 2.97. The molecule has 0 aromatic heterocycles. The maximum atomic E-state index is 11.9. The van der Waals surface area contributed by atoms with E-state index >= 15 is 0 Å². The van der Waals surface area contributed by atoms with E-state index in [1.165, 1.54) is 13.1 Å². The Labute approximate surface area is 122 Å². The number of benzene rings is 1. The molecule has 0 fully saturated rings. The van der Waals surface area contributed by atoms with Gasteiger partial charge in [0.15, 0.2) is 0 Å². The topological polar surface area (TPSA) is 75.7 Å². The summed E-state index contributed by atoms with van der Waals surface area (Å²) in [5.74, 6) is -0.986. The van der Waals surface area contributed by atoms with E-state index in [4.69, 9.17) is 4.74 Å². The number of imide groups is 1. The zero-order valence-corrected chi connectivity index (χ0v) is 11.9. The van der Waals surface area contributed by atoms with E-state index in [1.807, 2.05) is 0 Å². The lowest BCUT2D eigenvalue weighted by molar-refractivity contribution is -0.137. The number of hydrogen-bond acceptors (Lipinski definition) is 5. The van der Waals surface area contributed by atoms with Crippen molar-refractivity contribution in [2.75, 3.05) is 25.5 Å². The number of ether oxygens (including phenoxy) is 1. The molecular formula is C15H16N2O4. The van der Waals surface area contributed by atoms with Crippen LogP contribution in [0.4, 0.5) is 5.69 Å². The molecule has 1 aromatic rings. The zero-order chi connectivity index (χ0) is 15.4. The van der Waals surface area contributed by atoms with Gasteiger partial charge in [-0.25, -0.2) is 4.79 Å². The first-order valence-corrected chi connectivity index (χ1v) is 6.58. The van der Waals surface area contributed by atoms with Crippen LogP contribution in [0.3, 0.4) is 0 Å². The third-order valence-corrected chi connectivity index (χ3v) is 3.05. The average Bonchev–Trinajstić information content (AvgIpc) is 2.69. The molecule has 0 radical (unpaired) electrons. The molecule has 0 unspecified atom stereocenters. The predicted molar refractivity (Wildman–Crippen MR) is 77.1 cm³/mol. The molecule has 110 valence electrons. The van der Waals surface area contributed by atoms with Crippen molar-refractivity contribution >= 4 is 23.5 Å². The van der Waals surface area contributed by atoms with Crippen LogP contribution >= 0.6 is 0 Å². The molecule has 1 N–H and O–H groups in total. The lowest BCUT2D eigenvalue weighted by Crippen LogP contribution is -2.24. The molecule has 1 aliphatic rings. The van der Waals surface area contributed by atoms with E-state index in [0.29, 0.717) is 30.0 Å². The predicted octanol–water partition coefficient (Wildman–Crippen LogP) is 1.44. The summed E-state index contributed by atoms with van der Waals surface area (Å²) >= 11 is 0. The van der Waals surface area contributed by atoms with Gasteiger partial charge in [0.25, 0.3) is 11.8 Å². The fourth-order valence-electron chi connectivity index (χ4n) is 1.99. The quantitative estimate of drug-likeness (QED) is 0.504. The summed E-state index contributed by atoms with van der Waals surface area (Å²) < 4.78 is 4.75. The van der Waals surface area contributed by atoms with Gasteiger partial charge in [0.1, 0.15) is 0 Å². The first-order valence-electron chi connectivity index (χ1n) is 6.58. The third-order valence-electron chi connectivity index (χ3n) is 3.05. The second-order valence-electron chi connectivity index (χ2n) is 4.47. The highest BCUT2D eigenvalue weighted by Gasteiger charge is 2.32. The zero-order valence-electron chi connectivity index (χ0n) is 11.9. The normalized spacial score (nSPS) is 13.7. The number of carbonyl (C=O) groups excluding carboxylic acids is 3. The van der Waals surface area contributed by atoms with E-state index in [1.54, 1.807) is 31.2 Å². The minimum atomic E-state index is -0.393. The molecule has 0 spiro atoms. The van der Waals surface area contributed by atoms with Gasteiger partial charge in [0.05, 0.1) is 17.7 Å². The van der Waals surface area contributed by atoms with E-state index in [9.17, 15) is 14.4 Å². The highest BCUT2D eigenvalue weighted by Crippen LogP contribution is 2.24. The van der Waals surface area contributed by atoms with Gasteiger partial charge in [0, 0.05) is 25.4 Å². The van der Waals surface area contributed by atoms with Crippen molar-refractivity contribution in [2.24, 2.45) is 0 Å². The molecule has 0 aliphatic carbocycles. The van der Waals surface area contributed by atoms with Crippen LogP contribution in [0.2, 0.25) is 0 Å². The van der Waals surface area contributed by atoms with Crippen LogP contribution in [0.1, 0.15) is 27.6 Å². The monoisotopic (exact) mass is 288 g/mol. The standard InChI is InChI=1S/C15H16N2O4/c1-3-21-13(18)5-4-8-16-10-6-7-11-12(9-10)15(20)17(2)14(11)19/h4-7,9,16H,3,8H2,1-2H3/b5-4+. The number of esters is 1. The van der Waals surface area contributed by atoms with Crippen molar-refractivity contribution < 1.29 is 19.1 Å². The number of rotatable bonds is 5. The highest BCUT2D eigenvalue weighted by molar-refractivity contribution is 6.21. The molecule has 1 aromatic carbocycles. The van der Waals surface area contributed by atoms with Crippen LogP contribution in [0, 0.1) is 0 Å². The molecule has 0 bridgehead atoms. The van der Waals surface area contributed by atoms with Gasteiger partial charge in [-0.05, 0) is 25.1 Å². The molecule has 6 nitrogen and oxygen atoms in total. The minimum Gasteiger partial charge on any atom is -0.463 e. The molecule has 1 heterocycles. The van der Waals surface area contributed by atoms with Gasteiger partial charge >= 0.3 is 5.97 Å². The van der Waals surface area contributed by atoms with Crippen LogP contribution in [0.25, 0.3) is 0 Å². The molecule has 2 amide bonds. The molecule has 0 atom stereocenters. The second kappa shape index (κ2) is 6.21. The molecule has 2 rings (SSSR count). The minimum absolute atomic E-state index is 0.288. The van der Waals surface area contributed by atoms with Gasteiger partial charge in [0.2, 0.25) is 0 Å². The molecule has 6 heteroatoms. The largest absolute Gasteiger partial charge is 0.463 e. The van der Waals surface area contributed by atoms with Gasteiger partial charge in [-0.3, -0.25) is 14.5 Å². The number of hydrogen-bond donors (Lipinski definition) is 1. The Morgan fingerprint density at radius 3 is 2.71 bits per heavy atom. The number of nitrogens with zero attached hydrogens (tertiary/aromatic N) is 1. The molecule has 1 aliphatic heterocycles. The number of anilines is 1.